The van der Waals surface area contributed by atoms with Crippen molar-refractivity contribution in [2.24, 2.45) is 0 Å². The van der Waals surface area contributed by atoms with E-state index in [2.05, 4.69) is 0 Å². The molecular formula is C29H30O10. The van der Waals surface area contributed by atoms with Crippen molar-refractivity contribution in [1.82, 2.24) is 0 Å². The quantitative estimate of drug-likeness (QED) is 0.331. The second-order valence-corrected chi connectivity index (χ2v) is 8.08. The summed E-state index contributed by atoms with van der Waals surface area (Å²) in [5.74, 6) is -0.377. The van der Waals surface area contributed by atoms with Crippen LogP contribution >= 0.6 is 0 Å². The first kappa shape index (κ1) is 30.4. The summed E-state index contributed by atoms with van der Waals surface area (Å²) < 4.78 is 25.9. The van der Waals surface area contributed by atoms with Crippen molar-refractivity contribution in [2.75, 3.05) is 27.4 Å². The highest BCUT2D eigenvalue weighted by atomic mass is 16.5. The zero-order valence-electron chi connectivity index (χ0n) is 22.1. The first-order chi connectivity index (χ1) is 18.6. The van der Waals surface area contributed by atoms with Crippen LogP contribution in [-0.4, -0.2) is 56.0 Å². The second-order valence-electron chi connectivity index (χ2n) is 8.08. The molecule has 39 heavy (non-hydrogen) atoms. The number of aromatic carboxylic acids is 1. The Morgan fingerprint density at radius 3 is 1.62 bits per heavy atom. The van der Waals surface area contributed by atoms with Crippen LogP contribution in [0, 0.1) is 0 Å². The Morgan fingerprint density at radius 2 is 1.15 bits per heavy atom. The number of benzene rings is 3. The van der Waals surface area contributed by atoms with Crippen LogP contribution in [0.4, 0.5) is 0 Å². The summed E-state index contributed by atoms with van der Waals surface area (Å²) >= 11 is 0. The van der Waals surface area contributed by atoms with Gasteiger partial charge in [0.15, 0.2) is 34.6 Å². The van der Waals surface area contributed by atoms with E-state index in [1.54, 1.807) is 12.1 Å². The number of Topliss-reactive ketones (excluding diaryl/α,β-unsaturated/α-hetero) is 2. The number of hydrogen-bond donors (Lipinski definition) is 1. The lowest BCUT2D eigenvalue weighted by atomic mass is 10.2. The monoisotopic (exact) mass is 538 g/mol. The third-order valence-electron chi connectivity index (χ3n) is 4.88. The average molecular weight is 539 g/mol. The fraction of sp³-hybridized carbons (Fsp3) is 0.241. The van der Waals surface area contributed by atoms with Gasteiger partial charge in [0.05, 0.1) is 25.3 Å². The van der Waals surface area contributed by atoms with Crippen molar-refractivity contribution in [3.05, 3.63) is 83.4 Å². The summed E-state index contributed by atoms with van der Waals surface area (Å²) in [5, 5.41) is 8.79. The fourth-order valence-corrected chi connectivity index (χ4v) is 3.00. The van der Waals surface area contributed by atoms with Gasteiger partial charge in [0, 0.05) is 0 Å². The molecule has 1 N–H and O–H groups in total. The Hall–Kier alpha value is -4.86. The van der Waals surface area contributed by atoms with Gasteiger partial charge >= 0.3 is 11.9 Å². The number of ether oxygens (including phenoxy) is 5. The average Bonchev–Trinajstić information content (AvgIpc) is 2.94. The number of carbonyl (C=O) groups excluding carboxylic acids is 3. The van der Waals surface area contributed by atoms with E-state index in [-0.39, 0.29) is 42.7 Å². The molecule has 0 aliphatic rings. The summed E-state index contributed by atoms with van der Waals surface area (Å²) in [7, 11) is 2.93. The zero-order valence-corrected chi connectivity index (χ0v) is 22.1. The van der Waals surface area contributed by atoms with Gasteiger partial charge in [0.2, 0.25) is 0 Å². The Balaban J connectivity index is 0.000000293. The summed E-state index contributed by atoms with van der Waals surface area (Å²) in [5.41, 5.74) is 1.32. The van der Waals surface area contributed by atoms with Crippen LogP contribution in [0.25, 0.3) is 0 Å². The Bertz CT molecular complexity index is 1280. The molecule has 0 heterocycles. The summed E-state index contributed by atoms with van der Waals surface area (Å²) in [6, 6.07) is 18.3. The molecule has 3 rings (SSSR count). The van der Waals surface area contributed by atoms with Crippen molar-refractivity contribution >= 4 is 23.5 Å². The van der Waals surface area contributed by atoms with Gasteiger partial charge in [-0.15, -0.1) is 0 Å². The van der Waals surface area contributed by atoms with E-state index in [1.165, 1.54) is 52.3 Å². The lowest BCUT2D eigenvalue weighted by Crippen LogP contribution is -2.09. The van der Waals surface area contributed by atoms with Gasteiger partial charge in [0.25, 0.3) is 0 Å². The van der Waals surface area contributed by atoms with Crippen LogP contribution in [-0.2, 0) is 20.9 Å². The van der Waals surface area contributed by atoms with E-state index in [1.807, 2.05) is 30.3 Å². The van der Waals surface area contributed by atoms with E-state index >= 15 is 0 Å². The number of carboxylic acids is 1. The second kappa shape index (κ2) is 15.4. The van der Waals surface area contributed by atoms with Gasteiger partial charge in [0.1, 0.15) is 19.8 Å². The van der Waals surface area contributed by atoms with Crippen molar-refractivity contribution in [1.29, 1.82) is 0 Å². The molecule has 0 fully saturated rings. The van der Waals surface area contributed by atoms with Crippen LogP contribution in [0.1, 0.15) is 40.1 Å². The summed E-state index contributed by atoms with van der Waals surface area (Å²) in [6.07, 6.45) is 0. The molecule has 0 saturated carbocycles. The topological polar surface area (TPSA) is 135 Å². The molecule has 3 aromatic rings. The number of ketones is 2. The fourth-order valence-electron chi connectivity index (χ4n) is 3.00. The van der Waals surface area contributed by atoms with Crippen molar-refractivity contribution in [3.8, 4) is 23.0 Å². The maximum absolute atomic E-state index is 12.1. The molecule has 0 saturated heterocycles. The van der Waals surface area contributed by atoms with E-state index < -0.39 is 11.9 Å². The minimum atomic E-state index is -1.06. The zero-order chi connectivity index (χ0) is 28.8. The molecule has 0 unspecified atom stereocenters. The van der Waals surface area contributed by atoms with Crippen LogP contribution < -0.4 is 18.9 Å². The molecular weight excluding hydrogens is 508 g/mol. The van der Waals surface area contributed by atoms with Gasteiger partial charge in [-0.3, -0.25) is 9.59 Å². The predicted molar refractivity (Wildman–Crippen MR) is 141 cm³/mol. The smallest absolute Gasteiger partial charge is 0.338 e. The summed E-state index contributed by atoms with van der Waals surface area (Å²) in [4.78, 5) is 44.6. The van der Waals surface area contributed by atoms with E-state index in [0.717, 1.165) is 5.56 Å². The van der Waals surface area contributed by atoms with Gasteiger partial charge in [-0.25, -0.2) is 9.59 Å². The van der Waals surface area contributed by atoms with Crippen LogP contribution in [0.5, 0.6) is 23.0 Å². The molecule has 0 spiro atoms. The Kier molecular flexibility index (Phi) is 12.0. The SMILES string of the molecule is COc1ccc(C(=O)O)cc1OCC(C)=O.COc1ccc(C(=O)OCc2ccccc2)cc1OCC(C)=O. The maximum atomic E-state index is 12.1. The van der Waals surface area contributed by atoms with Crippen molar-refractivity contribution in [3.63, 3.8) is 0 Å². The van der Waals surface area contributed by atoms with Crippen molar-refractivity contribution < 1.29 is 48.0 Å². The van der Waals surface area contributed by atoms with Crippen LogP contribution in [0.3, 0.4) is 0 Å². The van der Waals surface area contributed by atoms with E-state index in [9.17, 15) is 19.2 Å². The van der Waals surface area contributed by atoms with Crippen LogP contribution in [0.2, 0.25) is 0 Å². The molecule has 10 nitrogen and oxygen atoms in total. The highest BCUT2D eigenvalue weighted by molar-refractivity contribution is 5.90. The number of carbonyl (C=O) groups is 4. The number of carboxylic acid groups (broad SMARTS) is 1. The number of esters is 1. The number of rotatable bonds is 12. The minimum absolute atomic E-state index is 0.0827. The molecule has 0 aliphatic heterocycles. The summed E-state index contributed by atoms with van der Waals surface area (Å²) in [6.45, 7) is 2.80. The maximum Gasteiger partial charge on any atom is 0.338 e. The van der Waals surface area contributed by atoms with Gasteiger partial charge < -0.3 is 28.8 Å². The van der Waals surface area contributed by atoms with Crippen LogP contribution in [0.15, 0.2) is 66.7 Å². The first-order valence-corrected chi connectivity index (χ1v) is 11.7. The predicted octanol–water partition coefficient (Wildman–Crippen LogP) is 4.38. The highest BCUT2D eigenvalue weighted by Gasteiger charge is 2.13. The molecule has 0 aliphatic carbocycles. The third-order valence-corrected chi connectivity index (χ3v) is 4.88. The molecule has 0 radical (unpaired) electrons. The van der Waals surface area contributed by atoms with Gasteiger partial charge in [-0.1, -0.05) is 30.3 Å². The molecule has 0 atom stereocenters. The molecule has 0 amide bonds. The van der Waals surface area contributed by atoms with E-state index in [4.69, 9.17) is 28.8 Å². The normalized spacial score (nSPS) is 9.85. The van der Waals surface area contributed by atoms with Gasteiger partial charge in [-0.05, 0) is 55.8 Å². The lowest BCUT2D eigenvalue weighted by Gasteiger charge is -2.11. The highest BCUT2D eigenvalue weighted by Crippen LogP contribution is 2.29. The largest absolute Gasteiger partial charge is 0.493 e. The molecule has 3 aromatic carbocycles. The van der Waals surface area contributed by atoms with Gasteiger partial charge in [-0.2, -0.15) is 0 Å². The lowest BCUT2D eigenvalue weighted by molar-refractivity contribution is -0.119. The minimum Gasteiger partial charge on any atom is -0.493 e. The molecule has 10 heteroatoms. The van der Waals surface area contributed by atoms with Crippen molar-refractivity contribution in [2.45, 2.75) is 20.5 Å². The number of hydrogen-bond acceptors (Lipinski definition) is 9. The third kappa shape index (κ3) is 10.2. The molecule has 0 bridgehead atoms. The Labute approximate surface area is 226 Å². The Morgan fingerprint density at radius 1 is 0.667 bits per heavy atom. The standard InChI is InChI=1S/C18H18O5.C11H12O5/c1-13(19)11-22-17-10-15(8-9-16(17)21-2)18(20)23-12-14-6-4-3-5-7-14;1-7(12)6-16-10-5-8(11(13)14)3-4-9(10)15-2/h3-10H,11-12H2,1-2H3;3-5H,6H2,1-2H3,(H,13,14). The molecule has 206 valence electrons. The molecule has 0 aromatic heterocycles. The van der Waals surface area contributed by atoms with E-state index in [0.29, 0.717) is 22.8 Å². The number of methoxy groups -OCH3 is 2. The first-order valence-electron chi connectivity index (χ1n) is 11.7.